The van der Waals surface area contributed by atoms with E-state index >= 15 is 0 Å². The van der Waals surface area contributed by atoms with E-state index in [4.69, 9.17) is 21.4 Å². The highest BCUT2D eigenvalue weighted by Gasteiger charge is 2.22. The van der Waals surface area contributed by atoms with Crippen LogP contribution in [0, 0.1) is 13.8 Å². The first-order valence-corrected chi connectivity index (χ1v) is 10.5. The Morgan fingerprint density at radius 3 is 2.33 bits per heavy atom. The molecule has 0 saturated heterocycles. The number of halogens is 1. The van der Waals surface area contributed by atoms with Crippen molar-refractivity contribution in [2.45, 2.75) is 18.7 Å². The standard InChI is InChI=1S/C20H18ClN3O5S/c1-11-6-4-7-12(2)15(11)16-17(29-3)18(21)23-20(22-16)24-30(27,28)14-9-5-8-13(10-14)19(25)26/h4-10H,1-3H3,(H,25,26)(H,22,23,24). The number of hydrogen-bond donors (Lipinski definition) is 2. The van der Waals surface area contributed by atoms with Crippen LogP contribution in [-0.2, 0) is 10.0 Å². The summed E-state index contributed by atoms with van der Waals surface area (Å²) in [4.78, 5) is 19.2. The molecule has 0 bridgehead atoms. The zero-order valence-electron chi connectivity index (χ0n) is 16.3. The number of carboxylic acid groups (broad SMARTS) is 1. The van der Waals surface area contributed by atoms with Crippen molar-refractivity contribution in [1.29, 1.82) is 0 Å². The Morgan fingerprint density at radius 2 is 1.73 bits per heavy atom. The van der Waals surface area contributed by atoms with Gasteiger partial charge < -0.3 is 9.84 Å². The Bertz CT molecular complexity index is 1220. The van der Waals surface area contributed by atoms with Crippen LogP contribution in [0.25, 0.3) is 11.3 Å². The summed E-state index contributed by atoms with van der Waals surface area (Å²) < 4.78 is 33.1. The molecule has 30 heavy (non-hydrogen) atoms. The molecule has 0 aliphatic carbocycles. The van der Waals surface area contributed by atoms with Crippen LogP contribution < -0.4 is 9.46 Å². The molecule has 10 heteroatoms. The average molecular weight is 448 g/mol. The predicted octanol–water partition coefficient (Wildman–Crippen LogP) is 3.92. The molecule has 0 fully saturated rings. The number of anilines is 1. The van der Waals surface area contributed by atoms with Gasteiger partial charge in [-0.05, 0) is 43.2 Å². The van der Waals surface area contributed by atoms with Crippen LogP contribution in [0.3, 0.4) is 0 Å². The van der Waals surface area contributed by atoms with Crippen LogP contribution in [0.15, 0.2) is 47.4 Å². The molecule has 3 rings (SSSR count). The lowest BCUT2D eigenvalue weighted by Crippen LogP contribution is -2.16. The van der Waals surface area contributed by atoms with E-state index in [1.165, 1.54) is 25.3 Å². The third-order valence-electron chi connectivity index (χ3n) is 4.36. The highest BCUT2D eigenvalue weighted by molar-refractivity contribution is 7.92. The van der Waals surface area contributed by atoms with Crippen molar-refractivity contribution in [1.82, 2.24) is 9.97 Å². The number of hydrogen-bond acceptors (Lipinski definition) is 6. The number of ether oxygens (including phenoxy) is 1. The number of aryl methyl sites for hydroxylation is 2. The number of carboxylic acids is 1. The van der Waals surface area contributed by atoms with E-state index in [0.29, 0.717) is 5.69 Å². The molecule has 1 aromatic heterocycles. The maximum absolute atomic E-state index is 12.8. The van der Waals surface area contributed by atoms with Crippen molar-refractivity contribution in [2.75, 3.05) is 11.8 Å². The summed E-state index contributed by atoms with van der Waals surface area (Å²) >= 11 is 6.24. The summed E-state index contributed by atoms with van der Waals surface area (Å²) in [5, 5.41) is 9.03. The maximum Gasteiger partial charge on any atom is 0.335 e. The number of sulfonamides is 1. The first kappa shape index (κ1) is 21.5. The second-order valence-corrected chi connectivity index (χ2v) is 8.47. The number of aromatic carboxylic acids is 1. The highest BCUT2D eigenvalue weighted by Crippen LogP contribution is 2.37. The Hall–Kier alpha value is -3.17. The lowest BCUT2D eigenvalue weighted by Gasteiger charge is -2.15. The highest BCUT2D eigenvalue weighted by atomic mass is 35.5. The average Bonchev–Trinajstić information content (AvgIpc) is 2.67. The fourth-order valence-corrected chi connectivity index (χ4v) is 4.22. The summed E-state index contributed by atoms with van der Waals surface area (Å²) in [6, 6.07) is 10.6. The van der Waals surface area contributed by atoms with Crippen LogP contribution in [0.1, 0.15) is 21.5 Å². The number of benzene rings is 2. The van der Waals surface area contributed by atoms with Gasteiger partial charge in [-0.1, -0.05) is 35.9 Å². The van der Waals surface area contributed by atoms with Gasteiger partial charge in [-0.2, -0.15) is 4.98 Å². The third-order valence-corrected chi connectivity index (χ3v) is 5.95. The van der Waals surface area contributed by atoms with E-state index in [0.717, 1.165) is 22.8 Å². The molecule has 0 spiro atoms. The SMILES string of the molecule is COc1c(Cl)nc(NS(=O)(=O)c2cccc(C(=O)O)c2)nc1-c1c(C)cccc1C. The Labute approximate surface area is 178 Å². The van der Waals surface area contributed by atoms with Crippen LogP contribution >= 0.6 is 11.6 Å². The molecule has 0 saturated carbocycles. The van der Waals surface area contributed by atoms with Gasteiger partial charge in [-0.15, -0.1) is 0 Å². The zero-order valence-corrected chi connectivity index (χ0v) is 17.9. The fourth-order valence-electron chi connectivity index (χ4n) is 2.98. The van der Waals surface area contributed by atoms with Crippen LogP contribution in [0.2, 0.25) is 5.15 Å². The molecule has 0 aliphatic heterocycles. The first-order chi connectivity index (χ1) is 14.1. The van der Waals surface area contributed by atoms with Gasteiger partial charge in [0.2, 0.25) is 5.95 Å². The Balaban J connectivity index is 2.11. The minimum atomic E-state index is -4.16. The Kier molecular flexibility index (Phi) is 5.95. The summed E-state index contributed by atoms with van der Waals surface area (Å²) in [6.07, 6.45) is 0. The van der Waals surface area contributed by atoms with Crippen LogP contribution in [0.4, 0.5) is 5.95 Å². The maximum atomic E-state index is 12.8. The van der Waals surface area contributed by atoms with Gasteiger partial charge in [-0.25, -0.2) is 22.9 Å². The third kappa shape index (κ3) is 4.22. The number of nitrogens with one attached hydrogen (secondary N) is 1. The largest absolute Gasteiger partial charge is 0.491 e. The van der Waals surface area contributed by atoms with Crippen molar-refractivity contribution in [2.24, 2.45) is 0 Å². The van der Waals surface area contributed by atoms with Gasteiger partial charge in [0, 0.05) is 5.56 Å². The van der Waals surface area contributed by atoms with E-state index in [2.05, 4.69) is 14.7 Å². The smallest absolute Gasteiger partial charge is 0.335 e. The monoisotopic (exact) mass is 447 g/mol. The van der Waals surface area contributed by atoms with Crippen LogP contribution in [-0.4, -0.2) is 36.6 Å². The van der Waals surface area contributed by atoms with E-state index in [-0.39, 0.29) is 27.3 Å². The zero-order chi connectivity index (χ0) is 22.1. The second-order valence-electron chi connectivity index (χ2n) is 6.43. The van der Waals surface area contributed by atoms with Gasteiger partial charge in [0.25, 0.3) is 10.0 Å². The van der Waals surface area contributed by atoms with Gasteiger partial charge >= 0.3 is 5.97 Å². The minimum Gasteiger partial charge on any atom is -0.491 e. The summed E-state index contributed by atoms with van der Waals surface area (Å²) in [7, 11) is -2.74. The number of methoxy groups -OCH3 is 1. The van der Waals surface area contributed by atoms with E-state index in [1.807, 2.05) is 32.0 Å². The van der Waals surface area contributed by atoms with Crippen molar-refractivity contribution >= 4 is 33.5 Å². The van der Waals surface area contributed by atoms with Crippen LogP contribution in [0.5, 0.6) is 5.75 Å². The van der Waals surface area contributed by atoms with Gasteiger partial charge in [0.05, 0.1) is 17.6 Å². The molecular formula is C20H18ClN3O5S. The molecule has 0 amide bonds. The number of rotatable bonds is 6. The molecule has 0 radical (unpaired) electrons. The van der Waals surface area contributed by atoms with E-state index in [9.17, 15) is 13.2 Å². The molecule has 0 atom stereocenters. The van der Waals surface area contributed by atoms with Crippen molar-refractivity contribution in [3.05, 3.63) is 64.3 Å². The molecule has 2 N–H and O–H groups in total. The van der Waals surface area contributed by atoms with E-state index in [1.54, 1.807) is 0 Å². The number of aromatic nitrogens is 2. The minimum absolute atomic E-state index is 0.0675. The lowest BCUT2D eigenvalue weighted by atomic mass is 9.99. The number of carbonyl (C=O) groups is 1. The summed E-state index contributed by atoms with van der Waals surface area (Å²) in [5.41, 5.74) is 2.71. The van der Waals surface area contributed by atoms with Gasteiger partial charge in [0.1, 0.15) is 5.69 Å². The summed E-state index contributed by atoms with van der Waals surface area (Å²) in [6.45, 7) is 3.78. The van der Waals surface area contributed by atoms with Gasteiger partial charge in [-0.3, -0.25) is 0 Å². The molecular weight excluding hydrogens is 430 g/mol. The fraction of sp³-hybridized carbons (Fsp3) is 0.150. The Morgan fingerprint density at radius 1 is 1.10 bits per heavy atom. The quantitative estimate of drug-likeness (QED) is 0.549. The molecule has 0 aliphatic rings. The predicted molar refractivity (Wildman–Crippen MR) is 113 cm³/mol. The topological polar surface area (TPSA) is 118 Å². The van der Waals surface area contributed by atoms with Gasteiger partial charge in [0.15, 0.2) is 10.9 Å². The number of nitrogens with zero attached hydrogens (tertiary/aromatic N) is 2. The molecule has 0 unspecified atom stereocenters. The summed E-state index contributed by atoms with van der Waals surface area (Å²) in [5.74, 6) is -1.29. The molecule has 1 heterocycles. The van der Waals surface area contributed by atoms with E-state index < -0.39 is 16.0 Å². The second kappa shape index (κ2) is 8.29. The lowest BCUT2D eigenvalue weighted by molar-refractivity contribution is 0.0696. The first-order valence-electron chi connectivity index (χ1n) is 8.68. The van der Waals surface area contributed by atoms with Crippen molar-refractivity contribution in [3.63, 3.8) is 0 Å². The molecule has 8 nitrogen and oxygen atoms in total. The van der Waals surface area contributed by atoms with Crippen molar-refractivity contribution < 1.29 is 23.1 Å². The molecule has 156 valence electrons. The molecule has 3 aromatic rings. The molecule has 2 aromatic carbocycles. The van der Waals surface area contributed by atoms with Crippen molar-refractivity contribution in [3.8, 4) is 17.0 Å². The normalized spacial score (nSPS) is 11.2.